The average molecular weight is 1140 g/mol. The van der Waals surface area contributed by atoms with Gasteiger partial charge in [-0.15, -0.1) is 0 Å². The molecule has 18 aromatic rings. The summed E-state index contributed by atoms with van der Waals surface area (Å²) in [6, 6.07) is 57.2. The predicted octanol–water partition coefficient (Wildman–Crippen LogP) is 19.7. The zero-order chi connectivity index (χ0) is 71.1. The minimum absolute atomic E-state index is 0.00341. The zero-order valence-electron chi connectivity index (χ0n) is 60.9. The van der Waals surface area contributed by atoms with Gasteiger partial charge in [-0.2, -0.15) is 0 Å². The van der Waals surface area contributed by atoms with Crippen LogP contribution in [0.1, 0.15) is 20.6 Å². The molecule has 0 aliphatic heterocycles. The maximum absolute atomic E-state index is 8.59. The molecule has 0 aliphatic carbocycles. The highest BCUT2D eigenvalue weighted by Crippen LogP contribution is 2.41. The van der Waals surface area contributed by atoms with E-state index in [9.17, 15) is 0 Å². The number of para-hydroxylation sites is 4. The molecule has 0 atom stereocenters. The smallest absolute Gasteiger partial charge is 0.164 e. The van der Waals surface area contributed by atoms with Gasteiger partial charge >= 0.3 is 0 Å². The van der Waals surface area contributed by atoms with Crippen LogP contribution in [-0.2, 0) is 0 Å². The highest BCUT2D eigenvalue weighted by Gasteiger charge is 2.20. The zero-order valence-corrected chi connectivity index (χ0v) is 45.9. The summed E-state index contributed by atoms with van der Waals surface area (Å²) in [7, 11) is 0. The Kier molecular flexibility index (Phi) is 8.83. The molecule has 0 unspecified atom stereocenters. The summed E-state index contributed by atoms with van der Waals surface area (Å²) < 4.78 is 142. The molecule has 10 heteroatoms. The minimum Gasteiger partial charge on any atom is -0.456 e. The number of benzene rings is 12. The third kappa shape index (κ3) is 8.74. The lowest BCUT2D eigenvalue weighted by atomic mass is 10.1. The Morgan fingerprint density at radius 1 is 0.239 bits per heavy atom. The van der Waals surface area contributed by atoms with Gasteiger partial charge in [0.2, 0.25) is 0 Å². The second-order valence-electron chi connectivity index (χ2n) is 20.7. The van der Waals surface area contributed by atoms with Crippen molar-refractivity contribution in [3.8, 4) is 79.7 Å². The standard InChI is InChI=1S/2C39H24N4O/c2*1-3-11-25(12-4-1)37-40-38(26-13-5-2-6-14-26)42-39(41-37)27-19-21-28(22-20-27)43-33-17-9-7-15-29(33)31-24-36-32(23-34(31)43)30-16-8-10-18-35(30)44-36/h2*1-24H/i1D,2D,3D,4D,5D,6D,11D,12D,13D,14D;1D,3D,4D,11D,12D. The molecule has 0 fully saturated rings. The first-order valence-electron chi connectivity index (χ1n) is 35.5. The Morgan fingerprint density at radius 3 is 0.943 bits per heavy atom. The van der Waals surface area contributed by atoms with E-state index in [0.717, 1.165) is 98.9 Å². The van der Waals surface area contributed by atoms with Crippen molar-refractivity contribution < 1.29 is 29.4 Å². The molecule has 0 N–H and O–H groups in total. The molecule has 0 radical (unpaired) electrons. The number of rotatable bonds is 8. The summed E-state index contributed by atoms with van der Waals surface area (Å²) >= 11 is 0. The number of hydrogen-bond donors (Lipinski definition) is 0. The van der Waals surface area contributed by atoms with Crippen LogP contribution in [0.15, 0.2) is 300 Å². The Morgan fingerprint density at radius 2 is 0.557 bits per heavy atom. The summed E-state index contributed by atoms with van der Waals surface area (Å²) in [5.74, 6) is 0.00666. The van der Waals surface area contributed by atoms with E-state index in [1.165, 1.54) is 0 Å². The van der Waals surface area contributed by atoms with Crippen LogP contribution in [0.4, 0.5) is 0 Å². The summed E-state index contributed by atoms with van der Waals surface area (Å²) in [5.41, 5.74) is 10.1. The van der Waals surface area contributed by atoms with E-state index in [1.54, 1.807) is 12.1 Å². The fraction of sp³-hybridized carbons (Fsp3) is 0. The number of nitrogens with zero attached hydrogens (tertiary/aromatic N) is 8. The fourth-order valence-corrected chi connectivity index (χ4v) is 11.6. The van der Waals surface area contributed by atoms with Gasteiger partial charge in [-0.3, -0.25) is 0 Å². The van der Waals surface area contributed by atoms with Gasteiger partial charge in [-0.05, 0) is 97.1 Å². The molecule has 0 saturated carbocycles. The van der Waals surface area contributed by atoms with Gasteiger partial charge in [0, 0.05) is 87.8 Å². The number of aromatic nitrogens is 8. The molecule has 12 aromatic carbocycles. The van der Waals surface area contributed by atoms with E-state index < -0.39 is 78.6 Å². The Bertz CT molecular complexity index is 6470. The molecule has 6 heterocycles. The van der Waals surface area contributed by atoms with Crippen molar-refractivity contribution in [1.82, 2.24) is 39.0 Å². The van der Waals surface area contributed by atoms with Gasteiger partial charge in [-0.1, -0.05) is 194 Å². The van der Waals surface area contributed by atoms with Gasteiger partial charge in [0.25, 0.3) is 0 Å². The third-order valence-corrected chi connectivity index (χ3v) is 15.6. The normalized spacial score (nSPS) is 14.0. The van der Waals surface area contributed by atoms with E-state index in [0.29, 0.717) is 28.3 Å². The third-order valence-electron chi connectivity index (χ3n) is 15.6. The molecule has 18 rings (SSSR count). The van der Waals surface area contributed by atoms with E-state index in [-0.39, 0.29) is 52.1 Å². The lowest BCUT2D eigenvalue weighted by molar-refractivity contribution is 0.669. The summed E-state index contributed by atoms with van der Waals surface area (Å²) in [5, 5.41) is 8.31. The largest absolute Gasteiger partial charge is 0.456 e. The Balaban J connectivity index is 0.000000153. The van der Waals surface area contributed by atoms with Gasteiger partial charge in [0.05, 0.1) is 42.6 Å². The maximum Gasteiger partial charge on any atom is 0.164 e. The van der Waals surface area contributed by atoms with E-state index in [1.807, 2.05) is 140 Å². The molecule has 0 saturated heterocycles. The van der Waals surface area contributed by atoms with Gasteiger partial charge in [-0.25, -0.2) is 29.9 Å². The highest BCUT2D eigenvalue weighted by atomic mass is 16.3. The molecule has 0 bridgehead atoms. The molecule has 10 nitrogen and oxygen atoms in total. The number of hydrogen-bond acceptors (Lipinski definition) is 8. The first kappa shape index (κ1) is 37.2. The minimum atomic E-state index is -0.603. The molecule has 6 aromatic heterocycles. The quantitative estimate of drug-likeness (QED) is 0.148. The summed E-state index contributed by atoms with van der Waals surface area (Å²) in [6.07, 6.45) is 0. The Labute approximate surface area is 524 Å². The van der Waals surface area contributed by atoms with Crippen LogP contribution >= 0.6 is 0 Å². The lowest BCUT2D eigenvalue weighted by Gasteiger charge is -2.11. The van der Waals surface area contributed by atoms with Crippen molar-refractivity contribution in [3.05, 3.63) is 291 Å². The van der Waals surface area contributed by atoms with Crippen LogP contribution in [0.2, 0.25) is 0 Å². The number of furan rings is 2. The molecule has 0 aliphatic rings. The number of fused-ring (bicyclic) bond motifs is 12. The van der Waals surface area contributed by atoms with Gasteiger partial charge in [0.15, 0.2) is 34.9 Å². The maximum atomic E-state index is 8.59. The second-order valence-corrected chi connectivity index (χ2v) is 20.7. The van der Waals surface area contributed by atoms with Crippen molar-refractivity contribution in [2.45, 2.75) is 0 Å². The van der Waals surface area contributed by atoms with Crippen LogP contribution in [0.5, 0.6) is 0 Å². The van der Waals surface area contributed by atoms with Gasteiger partial charge < -0.3 is 18.0 Å². The SMILES string of the molecule is [2H]c1c([2H])c([2H])c(-c2nc(-c3ccc(-n4c5ccccc5c5cc6oc7ccccc7c6cc54)cc3)nc(-c3c([2H])c([2H])c([2H])c([2H])c3[2H])n2)c([2H])c1[2H].[2H]c1c([2H])c([2H])c(-c2nc(-c3ccccc3)nc(-c3ccc(-n4c5ccccc5c5cc6oc7ccccc7c6cc54)cc3)n2)c([2H])c1[2H]. The monoisotopic (exact) mass is 1140 g/mol. The van der Waals surface area contributed by atoms with Crippen molar-refractivity contribution in [3.63, 3.8) is 0 Å². The molecular weight excluding hydrogens is 1080 g/mol. The van der Waals surface area contributed by atoms with Gasteiger partial charge in [0.1, 0.15) is 22.3 Å². The first-order chi connectivity index (χ1) is 49.8. The van der Waals surface area contributed by atoms with Crippen LogP contribution in [0.3, 0.4) is 0 Å². The average Bonchev–Trinajstić information content (AvgIpc) is 1.61. The molecule has 0 amide bonds. The first-order valence-corrected chi connectivity index (χ1v) is 28.0. The second kappa shape index (κ2) is 20.9. The van der Waals surface area contributed by atoms with Crippen molar-refractivity contribution in [1.29, 1.82) is 0 Å². The molecule has 0 spiro atoms. The fourth-order valence-electron chi connectivity index (χ4n) is 11.6. The van der Waals surface area contributed by atoms with Crippen LogP contribution in [0.25, 0.3) is 167 Å². The van der Waals surface area contributed by atoms with Crippen LogP contribution in [-0.4, -0.2) is 39.0 Å². The summed E-state index contributed by atoms with van der Waals surface area (Å²) in [4.78, 5) is 27.5. The molecule has 88 heavy (non-hydrogen) atoms. The molecular formula is C78H48N8O2. The van der Waals surface area contributed by atoms with Crippen molar-refractivity contribution in [2.24, 2.45) is 0 Å². The van der Waals surface area contributed by atoms with Crippen molar-refractivity contribution in [2.75, 3.05) is 0 Å². The van der Waals surface area contributed by atoms with Crippen LogP contribution < -0.4 is 0 Å². The Hall–Kier alpha value is -12.1. The highest BCUT2D eigenvalue weighted by molar-refractivity contribution is 6.18. The van der Waals surface area contributed by atoms with Crippen molar-refractivity contribution >= 4 is 87.5 Å². The molecule has 412 valence electrons. The van der Waals surface area contributed by atoms with Crippen LogP contribution in [0, 0.1) is 0 Å². The lowest BCUT2D eigenvalue weighted by Crippen LogP contribution is -2.00. The summed E-state index contributed by atoms with van der Waals surface area (Å²) in [6.45, 7) is 0. The van der Waals surface area contributed by atoms with E-state index in [4.69, 9.17) is 34.4 Å². The van der Waals surface area contributed by atoms with E-state index in [2.05, 4.69) is 82.6 Å². The topological polar surface area (TPSA) is 113 Å². The predicted molar refractivity (Wildman–Crippen MR) is 356 cm³/mol. The van der Waals surface area contributed by atoms with E-state index >= 15 is 0 Å².